The number of aromatic nitrogens is 3. The minimum Gasteiger partial charge on any atom is -0.383 e. The van der Waals surface area contributed by atoms with Gasteiger partial charge in [-0.05, 0) is 47.6 Å². The molecule has 2 aromatic heterocycles. The van der Waals surface area contributed by atoms with Crippen molar-refractivity contribution in [1.29, 1.82) is 0 Å². The SMILES string of the molecule is Nc1ncnc2c1C(c1ccc3ccc(-c4ccccc4)nc3c1)=CC[C@@H](c1ccccc1)C2. The smallest absolute Gasteiger partial charge is 0.134 e. The van der Waals surface area contributed by atoms with Gasteiger partial charge in [0.15, 0.2) is 0 Å². The molecule has 2 N–H and O–H groups in total. The quantitative estimate of drug-likeness (QED) is 0.351. The molecular formula is C30H24N4. The molecule has 0 aliphatic heterocycles. The Bertz CT molecular complexity index is 1510. The van der Waals surface area contributed by atoms with Crippen molar-refractivity contribution in [3.05, 3.63) is 126 Å². The van der Waals surface area contributed by atoms with E-state index in [4.69, 9.17) is 10.7 Å². The molecule has 1 aliphatic rings. The molecule has 3 aromatic carbocycles. The van der Waals surface area contributed by atoms with E-state index >= 15 is 0 Å². The van der Waals surface area contributed by atoms with Gasteiger partial charge in [-0.15, -0.1) is 0 Å². The van der Waals surface area contributed by atoms with Crippen molar-refractivity contribution in [1.82, 2.24) is 15.0 Å². The fourth-order valence-electron chi connectivity index (χ4n) is 4.86. The summed E-state index contributed by atoms with van der Waals surface area (Å²) in [5, 5.41) is 1.11. The second-order valence-corrected chi connectivity index (χ2v) is 8.72. The normalized spacial score (nSPS) is 15.4. The number of fused-ring (bicyclic) bond motifs is 2. The Morgan fingerprint density at radius 1 is 0.765 bits per heavy atom. The highest BCUT2D eigenvalue weighted by molar-refractivity contribution is 5.91. The number of nitrogens with two attached hydrogens (primary N) is 1. The highest BCUT2D eigenvalue weighted by atomic mass is 14.9. The van der Waals surface area contributed by atoms with Gasteiger partial charge in [-0.25, -0.2) is 15.0 Å². The van der Waals surface area contributed by atoms with E-state index in [-0.39, 0.29) is 0 Å². The molecule has 2 heterocycles. The van der Waals surface area contributed by atoms with Crippen LogP contribution in [0.2, 0.25) is 0 Å². The van der Waals surface area contributed by atoms with Crippen LogP contribution in [0.25, 0.3) is 27.7 Å². The highest BCUT2D eigenvalue weighted by Crippen LogP contribution is 2.38. The van der Waals surface area contributed by atoms with Crippen LogP contribution in [-0.2, 0) is 6.42 Å². The number of hydrogen-bond donors (Lipinski definition) is 1. The fourth-order valence-corrected chi connectivity index (χ4v) is 4.86. The third kappa shape index (κ3) is 3.73. The van der Waals surface area contributed by atoms with E-state index in [2.05, 4.69) is 88.8 Å². The van der Waals surface area contributed by atoms with Crippen LogP contribution in [0, 0.1) is 0 Å². The third-order valence-corrected chi connectivity index (χ3v) is 6.61. The number of pyridine rings is 1. The van der Waals surface area contributed by atoms with Gasteiger partial charge in [-0.2, -0.15) is 0 Å². The maximum absolute atomic E-state index is 6.43. The minimum absolute atomic E-state index is 0.343. The maximum atomic E-state index is 6.43. The molecule has 0 bridgehead atoms. The van der Waals surface area contributed by atoms with Gasteiger partial charge >= 0.3 is 0 Å². The van der Waals surface area contributed by atoms with E-state index in [1.807, 2.05) is 18.2 Å². The zero-order chi connectivity index (χ0) is 22.9. The average molecular weight is 441 g/mol. The lowest BCUT2D eigenvalue weighted by atomic mass is 9.92. The third-order valence-electron chi connectivity index (χ3n) is 6.61. The Labute approximate surface area is 198 Å². The molecular weight excluding hydrogens is 416 g/mol. The predicted molar refractivity (Wildman–Crippen MR) is 138 cm³/mol. The number of hydrogen-bond acceptors (Lipinski definition) is 4. The number of nitrogen functional groups attached to an aromatic ring is 1. The van der Waals surface area contributed by atoms with Gasteiger partial charge in [0, 0.05) is 16.5 Å². The number of rotatable bonds is 3. The molecule has 1 aliphatic carbocycles. The molecule has 1 atom stereocenters. The zero-order valence-electron chi connectivity index (χ0n) is 18.7. The Hall–Kier alpha value is -4.31. The minimum atomic E-state index is 0.343. The van der Waals surface area contributed by atoms with Crippen LogP contribution in [0.4, 0.5) is 5.82 Å². The van der Waals surface area contributed by atoms with Crippen molar-refractivity contribution in [2.75, 3.05) is 5.73 Å². The number of anilines is 1. The van der Waals surface area contributed by atoms with Gasteiger partial charge in [0.1, 0.15) is 12.1 Å². The summed E-state index contributed by atoms with van der Waals surface area (Å²) in [6, 6.07) is 31.6. The van der Waals surface area contributed by atoms with Crippen molar-refractivity contribution in [3.8, 4) is 11.3 Å². The Morgan fingerprint density at radius 3 is 2.35 bits per heavy atom. The molecule has 0 fully saturated rings. The number of benzene rings is 3. The molecule has 4 heteroatoms. The fraction of sp³-hybridized carbons (Fsp3) is 0.100. The van der Waals surface area contributed by atoms with Crippen LogP contribution in [0.3, 0.4) is 0 Å². The van der Waals surface area contributed by atoms with E-state index in [1.165, 1.54) is 5.56 Å². The maximum Gasteiger partial charge on any atom is 0.134 e. The van der Waals surface area contributed by atoms with Crippen LogP contribution in [0.1, 0.15) is 34.7 Å². The lowest BCUT2D eigenvalue weighted by Gasteiger charge is -2.15. The monoisotopic (exact) mass is 440 g/mol. The van der Waals surface area contributed by atoms with E-state index < -0.39 is 0 Å². The zero-order valence-corrected chi connectivity index (χ0v) is 18.7. The molecule has 4 nitrogen and oxygen atoms in total. The molecule has 164 valence electrons. The first-order valence-corrected chi connectivity index (χ1v) is 11.6. The summed E-state index contributed by atoms with van der Waals surface area (Å²) in [5.41, 5.74) is 14.9. The summed E-state index contributed by atoms with van der Waals surface area (Å²) in [4.78, 5) is 14.0. The molecule has 0 saturated heterocycles. The van der Waals surface area contributed by atoms with E-state index in [0.717, 1.165) is 57.4 Å². The molecule has 0 radical (unpaired) electrons. The second-order valence-electron chi connectivity index (χ2n) is 8.72. The summed E-state index contributed by atoms with van der Waals surface area (Å²) < 4.78 is 0. The van der Waals surface area contributed by atoms with Crippen LogP contribution in [-0.4, -0.2) is 15.0 Å². The summed E-state index contributed by atoms with van der Waals surface area (Å²) in [5.74, 6) is 0.867. The van der Waals surface area contributed by atoms with Crippen molar-refractivity contribution in [2.24, 2.45) is 0 Å². The van der Waals surface area contributed by atoms with Crippen molar-refractivity contribution in [2.45, 2.75) is 18.8 Å². The van der Waals surface area contributed by atoms with Crippen LogP contribution >= 0.6 is 0 Å². The average Bonchev–Trinajstić information content (AvgIpc) is 3.10. The molecule has 0 unspecified atom stereocenters. The van der Waals surface area contributed by atoms with Crippen molar-refractivity contribution in [3.63, 3.8) is 0 Å². The summed E-state index contributed by atoms with van der Waals surface area (Å²) in [7, 11) is 0. The molecule has 0 spiro atoms. The summed E-state index contributed by atoms with van der Waals surface area (Å²) in [6.45, 7) is 0. The van der Waals surface area contributed by atoms with Crippen molar-refractivity contribution >= 4 is 22.3 Å². The standard InChI is InChI=1S/C30H24N4/c31-30-29-25(15-13-23(17-28(29)32-19-33-30)20-7-3-1-4-8-20)24-12-11-22-14-16-26(34-27(22)18-24)21-9-5-2-6-10-21/h1-12,14-16,18-19,23H,13,17H2,(H2,31,32,33)/t23-/m1/s1. The lowest BCUT2D eigenvalue weighted by Crippen LogP contribution is -2.07. The van der Waals surface area contributed by atoms with E-state index in [0.29, 0.717) is 11.7 Å². The van der Waals surface area contributed by atoms with Crippen LogP contribution in [0.15, 0.2) is 103 Å². The second kappa shape index (κ2) is 8.56. The van der Waals surface area contributed by atoms with Crippen LogP contribution < -0.4 is 5.73 Å². The van der Waals surface area contributed by atoms with Gasteiger partial charge in [0.25, 0.3) is 0 Å². The molecule has 6 rings (SSSR count). The molecule has 0 amide bonds. The predicted octanol–water partition coefficient (Wildman–Crippen LogP) is 6.44. The Kier molecular flexibility index (Phi) is 5.11. The van der Waals surface area contributed by atoms with Gasteiger partial charge < -0.3 is 5.73 Å². The number of allylic oxidation sites excluding steroid dienone is 1. The van der Waals surface area contributed by atoms with Gasteiger partial charge in [0.2, 0.25) is 0 Å². The van der Waals surface area contributed by atoms with Gasteiger partial charge in [-0.3, -0.25) is 0 Å². The highest BCUT2D eigenvalue weighted by Gasteiger charge is 2.24. The molecule has 34 heavy (non-hydrogen) atoms. The lowest BCUT2D eigenvalue weighted by molar-refractivity contribution is 0.686. The Morgan fingerprint density at radius 2 is 1.53 bits per heavy atom. The first-order valence-electron chi connectivity index (χ1n) is 11.6. The summed E-state index contributed by atoms with van der Waals surface area (Å²) in [6.07, 6.45) is 5.61. The summed E-state index contributed by atoms with van der Waals surface area (Å²) >= 11 is 0. The van der Waals surface area contributed by atoms with Crippen molar-refractivity contribution < 1.29 is 0 Å². The molecule has 0 saturated carbocycles. The van der Waals surface area contributed by atoms with Gasteiger partial charge in [0.05, 0.1) is 16.9 Å². The van der Waals surface area contributed by atoms with Crippen LogP contribution in [0.5, 0.6) is 0 Å². The number of nitrogens with zero attached hydrogens (tertiary/aromatic N) is 3. The first kappa shape index (κ1) is 20.3. The Balaban J connectivity index is 1.47. The first-order chi connectivity index (χ1) is 16.8. The molecule has 5 aromatic rings. The van der Waals surface area contributed by atoms with Gasteiger partial charge in [-0.1, -0.05) is 84.9 Å². The van der Waals surface area contributed by atoms with E-state index in [1.54, 1.807) is 6.33 Å². The largest absolute Gasteiger partial charge is 0.383 e. The topological polar surface area (TPSA) is 64.7 Å². The van der Waals surface area contributed by atoms with E-state index in [9.17, 15) is 0 Å².